The van der Waals surface area contributed by atoms with Crippen molar-refractivity contribution in [2.45, 2.75) is 39.2 Å². The smallest absolute Gasteiger partial charge is 0.326 e. The number of carboxylic acid groups (broad SMARTS) is 1. The first-order chi connectivity index (χ1) is 9.96. The first kappa shape index (κ1) is 17.6. The van der Waals surface area contributed by atoms with Crippen molar-refractivity contribution in [1.82, 2.24) is 4.90 Å². The quantitative estimate of drug-likeness (QED) is 0.680. The summed E-state index contributed by atoms with van der Waals surface area (Å²) in [6.07, 6.45) is 0. The fourth-order valence-electron chi connectivity index (χ4n) is 2.00. The first-order valence-corrected chi connectivity index (χ1v) is 6.75. The molecule has 0 fully saturated rings. The maximum Gasteiger partial charge on any atom is 0.326 e. The minimum atomic E-state index is -1.14. The van der Waals surface area contributed by atoms with Crippen molar-refractivity contribution in [2.24, 2.45) is 0 Å². The highest BCUT2D eigenvalue weighted by Gasteiger charge is 2.28. The third-order valence-electron chi connectivity index (χ3n) is 3.51. The van der Waals surface area contributed by atoms with E-state index < -0.39 is 28.3 Å². The number of nitrogens with zero attached hydrogens (tertiary/aromatic N) is 2. The van der Waals surface area contributed by atoms with Gasteiger partial charge in [-0.1, -0.05) is 26.8 Å². The van der Waals surface area contributed by atoms with E-state index in [-0.39, 0.29) is 11.3 Å². The van der Waals surface area contributed by atoms with Crippen molar-refractivity contribution >= 4 is 17.6 Å². The van der Waals surface area contributed by atoms with Gasteiger partial charge in [0.25, 0.3) is 11.6 Å². The first-order valence-electron chi connectivity index (χ1n) is 6.75. The molecule has 0 spiro atoms. The van der Waals surface area contributed by atoms with Gasteiger partial charge in [-0.15, -0.1) is 0 Å². The molecule has 1 amide bonds. The zero-order chi connectivity index (χ0) is 17.2. The van der Waals surface area contributed by atoms with Crippen LogP contribution in [-0.2, 0) is 10.2 Å². The van der Waals surface area contributed by atoms with Gasteiger partial charge in [0.05, 0.1) is 4.92 Å². The molecule has 0 saturated heterocycles. The second-order valence-electron chi connectivity index (χ2n) is 6.17. The fraction of sp³-hybridized carbons (Fsp3) is 0.467. The molecule has 7 nitrogen and oxygen atoms in total. The normalized spacial score (nSPS) is 12.6. The molecule has 7 heteroatoms. The molecule has 1 aromatic rings. The van der Waals surface area contributed by atoms with Crippen LogP contribution in [0.25, 0.3) is 0 Å². The van der Waals surface area contributed by atoms with Crippen LogP contribution in [0.15, 0.2) is 18.2 Å². The predicted octanol–water partition coefficient (Wildman–Crippen LogP) is 2.44. The van der Waals surface area contributed by atoms with Crippen LogP contribution in [0.2, 0.25) is 0 Å². The maximum atomic E-state index is 12.3. The Morgan fingerprint density at radius 2 is 1.86 bits per heavy atom. The van der Waals surface area contributed by atoms with Crippen molar-refractivity contribution in [3.8, 4) is 0 Å². The van der Waals surface area contributed by atoms with Crippen molar-refractivity contribution in [1.29, 1.82) is 0 Å². The van der Waals surface area contributed by atoms with Crippen molar-refractivity contribution in [3.63, 3.8) is 0 Å². The Hall–Kier alpha value is -2.44. The number of carbonyl (C=O) groups is 2. The van der Waals surface area contributed by atoms with Gasteiger partial charge in [0.15, 0.2) is 0 Å². The lowest BCUT2D eigenvalue weighted by Crippen LogP contribution is -2.40. The average molecular weight is 308 g/mol. The van der Waals surface area contributed by atoms with Gasteiger partial charge >= 0.3 is 5.97 Å². The van der Waals surface area contributed by atoms with Crippen molar-refractivity contribution in [3.05, 3.63) is 39.4 Å². The lowest BCUT2D eigenvalue weighted by molar-refractivity contribution is -0.386. The van der Waals surface area contributed by atoms with Gasteiger partial charge in [-0.3, -0.25) is 14.9 Å². The van der Waals surface area contributed by atoms with Crippen LogP contribution in [0.3, 0.4) is 0 Å². The second-order valence-corrected chi connectivity index (χ2v) is 6.17. The van der Waals surface area contributed by atoms with Gasteiger partial charge in [-0.25, -0.2) is 4.79 Å². The van der Waals surface area contributed by atoms with E-state index in [1.165, 1.54) is 26.1 Å². The number of benzene rings is 1. The molecule has 0 aromatic heterocycles. The Morgan fingerprint density at radius 1 is 1.32 bits per heavy atom. The van der Waals surface area contributed by atoms with E-state index in [0.29, 0.717) is 5.56 Å². The van der Waals surface area contributed by atoms with Crippen molar-refractivity contribution in [2.75, 3.05) is 7.05 Å². The Balaban J connectivity index is 3.28. The van der Waals surface area contributed by atoms with Gasteiger partial charge in [-0.2, -0.15) is 0 Å². The summed E-state index contributed by atoms with van der Waals surface area (Å²) in [7, 11) is 1.35. The lowest BCUT2D eigenvalue weighted by atomic mass is 9.85. The highest BCUT2D eigenvalue weighted by Crippen LogP contribution is 2.32. The van der Waals surface area contributed by atoms with Gasteiger partial charge < -0.3 is 10.0 Å². The lowest BCUT2D eigenvalue weighted by Gasteiger charge is -2.23. The number of nitro benzene ring substituents is 1. The fourth-order valence-corrected chi connectivity index (χ4v) is 2.00. The molecule has 0 heterocycles. The molecule has 1 unspecified atom stereocenters. The number of hydrogen-bond donors (Lipinski definition) is 1. The molecule has 0 aliphatic carbocycles. The van der Waals surface area contributed by atoms with E-state index in [4.69, 9.17) is 5.11 Å². The third-order valence-corrected chi connectivity index (χ3v) is 3.51. The van der Waals surface area contributed by atoms with Crippen LogP contribution in [-0.4, -0.2) is 39.9 Å². The number of likely N-dealkylation sites (N-methyl/N-ethyl adjacent to an activating group) is 1. The minimum absolute atomic E-state index is 0.0929. The van der Waals surface area contributed by atoms with Crippen LogP contribution in [0, 0.1) is 10.1 Å². The molecule has 0 bridgehead atoms. The average Bonchev–Trinajstić information content (AvgIpc) is 2.42. The van der Waals surface area contributed by atoms with Crippen LogP contribution in [0.5, 0.6) is 0 Å². The standard InChI is InChI=1S/C15H20N2O5/c1-9(14(19)20)16(5)13(18)10-6-7-11(15(2,3)4)12(8-10)17(21)22/h6-9H,1-5H3,(H,19,20). The van der Waals surface area contributed by atoms with E-state index in [9.17, 15) is 19.7 Å². The molecule has 0 aliphatic heterocycles. The highest BCUT2D eigenvalue weighted by atomic mass is 16.6. The Morgan fingerprint density at radius 3 is 2.27 bits per heavy atom. The molecule has 120 valence electrons. The number of amides is 1. The number of carbonyl (C=O) groups excluding carboxylic acids is 1. The summed E-state index contributed by atoms with van der Waals surface area (Å²) < 4.78 is 0. The van der Waals surface area contributed by atoms with E-state index in [2.05, 4.69) is 0 Å². The van der Waals surface area contributed by atoms with E-state index in [1.807, 2.05) is 20.8 Å². The molecule has 0 radical (unpaired) electrons. The van der Waals surface area contributed by atoms with Gasteiger partial charge in [0.2, 0.25) is 0 Å². The number of aliphatic carboxylic acids is 1. The maximum absolute atomic E-state index is 12.3. The van der Waals surface area contributed by atoms with Gasteiger partial charge in [0, 0.05) is 24.2 Å². The minimum Gasteiger partial charge on any atom is -0.480 e. The van der Waals surface area contributed by atoms with E-state index in [1.54, 1.807) is 6.07 Å². The van der Waals surface area contributed by atoms with Gasteiger partial charge in [0.1, 0.15) is 6.04 Å². The molecule has 22 heavy (non-hydrogen) atoms. The monoisotopic (exact) mass is 308 g/mol. The summed E-state index contributed by atoms with van der Waals surface area (Å²) in [5.41, 5.74) is 0.0255. The summed E-state index contributed by atoms with van der Waals surface area (Å²) in [5, 5.41) is 20.2. The number of carboxylic acids is 1. The van der Waals surface area contributed by atoms with Gasteiger partial charge in [-0.05, 0) is 18.4 Å². The van der Waals surface area contributed by atoms with Crippen LogP contribution in [0.4, 0.5) is 5.69 Å². The molecular formula is C15H20N2O5. The Bertz CT molecular complexity index is 619. The zero-order valence-electron chi connectivity index (χ0n) is 13.3. The third kappa shape index (κ3) is 3.60. The summed E-state index contributed by atoms with van der Waals surface area (Å²) in [5.74, 6) is -1.71. The van der Waals surface area contributed by atoms with Crippen LogP contribution < -0.4 is 0 Å². The summed E-state index contributed by atoms with van der Waals surface area (Å²) in [6.45, 7) is 6.90. The molecular weight excluding hydrogens is 288 g/mol. The highest BCUT2D eigenvalue weighted by molar-refractivity contribution is 5.97. The zero-order valence-corrected chi connectivity index (χ0v) is 13.3. The van der Waals surface area contributed by atoms with E-state index in [0.717, 1.165) is 4.90 Å². The summed E-state index contributed by atoms with van der Waals surface area (Å²) in [4.78, 5) is 35.0. The Kier molecular flexibility index (Phi) is 4.91. The van der Waals surface area contributed by atoms with Crippen LogP contribution in [0.1, 0.15) is 43.6 Å². The molecule has 1 aromatic carbocycles. The van der Waals surface area contributed by atoms with E-state index >= 15 is 0 Å². The number of hydrogen-bond acceptors (Lipinski definition) is 4. The molecule has 0 aliphatic rings. The molecule has 1 atom stereocenters. The Labute approximate surface area is 128 Å². The molecule has 1 rings (SSSR count). The largest absolute Gasteiger partial charge is 0.480 e. The molecule has 1 N–H and O–H groups in total. The summed E-state index contributed by atoms with van der Waals surface area (Å²) in [6, 6.07) is 3.22. The number of rotatable bonds is 4. The van der Waals surface area contributed by atoms with Crippen molar-refractivity contribution < 1.29 is 19.6 Å². The predicted molar refractivity (Wildman–Crippen MR) is 81.0 cm³/mol. The topological polar surface area (TPSA) is 101 Å². The number of nitro groups is 1. The van der Waals surface area contributed by atoms with Crippen LogP contribution >= 0.6 is 0 Å². The molecule has 0 saturated carbocycles. The second kappa shape index (κ2) is 6.13. The SMILES string of the molecule is CC(C(=O)O)N(C)C(=O)c1ccc(C(C)(C)C)c([N+](=O)[O-])c1. The summed E-state index contributed by atoms with van der Waals surface area (Å²) >= 11 is 0.